The molecule has 6 heteroatoms. The predicted octanol–water partition coefficient (Wildman–Crippen LogP) is -0.114. The zero-order valence-electron chi connectivity index (χ0n) is 8.90. The molecule has 0 bridgehead atoms. The van der Waals surface area contributed by atoms with E-state index in [1.54, 1.807) is 13.0 Å². The number of hydrogen-bond donors (Lipinski definition) is 3. The van der Waals surface area contributed by atoms with Crippen LogP contribution in [-0.2, 0) is 4.79 Å². The first-order valence-corrected chi connectivity index (χ1v) is 4.65. The van der Waals surface area contributed by atoms with Crippen molar-refractivity contribution in [2.75, 3.05) is 0 Å². The lowest BCUT2D eigenvalue weighted by Gasteiger charge is -2.08. The molecule has 0 aromatic carbocycles. The third-order valence-corrected chi connectivity index (χ3v) is 2.02. The number of nitrogens with one attached hydrogen (secondary N) is 2. The van der Waals surface area contributed by atoms with E-state index in [0.717, 1.165) is 0 Å². The van der Waals surface area contributed by atoms with Crippen molar-refractivity contribution in [2.24, 2.45) is 0 Å². The molecule has 16 heavy (non-hydrogen) atoms. The molecular weight excluding hydrogens is 212 g/mol. The van der Waals surface area contributed by atoms with E-state index in [0.29, 0.717) is 5.69 Å². The van der Waals surface area contributed by atoms with E-state index in [1.165, 1.54) is 13.0 Å². The zero-order valence-corrected chi connectivity index (χ0v) is 8.90. The highest BCUT2D eigenvalue weighted by Gasteiger charge is 2.17. The minimum absolute atomic E-state index is 0.0984. The van der Waals surface area contributed by atoms with Gasteiger partial charge < -0.3 is 15.4 Å². The molecule has 1 atom stereocenters. The molecule has 0 aliphatic heterocycles. The van der Waals surface area contributed by atoms with Crippen LogP contribution in [-0.4, -0.2) is 28.0 Å². The van der Waals surface area contributed by atoms with E-state index < -0.39 is 23.5 Å². The van der Waals surface area contributed by atoms with Crippen LogP contribution in [0.3, 0.4) is 0 Å². The number of aromatic amines is 1. The Balaban J connectivity index is 2.89. The summed E-state index contributed by atoms with van der Waals surface area (Å²) in [7, 11) is 0. The number of carbonyl (C=O) groups excluding carboxylic acids is 1. The first-order valence-electron chi connectivity index (χ1n) is 4.65. The molecule has 1 rings (SSSR count). The molecule has 0 saturated carbocycles. The Kier molecular flexibility index (Phi) is 3.44. The molecule has 1 aromatic rings. The molecule has 86 valence electrons. The number of aromatic nitrogens is 1. The fourth-order valence-corrected chi connectivity index (χ4v) is 1.09. The summed E-state index contributed by atoms with van der Waals surface area (Å²) in [5.74, 6) is -1.85. The SMILES string of the molecule is Cc1ccc(C(=O)N[C@@H](C)C(=O)O)c(=O)[nH]1. The molecule has 0 radical (unpaired) electrons. The highest BCUT2D eigenvalue weighted by Crippen LogP contribution is 1.94. The summed E-state index contributed by atoms with van der Waals surface area (Å²) in [5, 5.41) is 10.8. The van der Waals surface area contributed by atoms with Gasteiger partial charge in [-0.15, -0.1) is 0 Å². The molecule has 0 fully saturated rings. The van der Waals surface area contributed by atoms with Crippen molar-refractivity contribution in [3.05, 3.63) is 33.7 Å². The van der Waals surface area contributed by atoms with Crippen LogP contribution in [0.15, 0.2) is 16.9 Å². The van der Waals surface area contributed by atoms with Gasteiger partial charge >= 0.3 is 5.97 Å². The number of aliphatic carboxylic acids is 1. The summed E-state index contributed by atoms with van der Waals surface area (Å²) in [6.07, 6.45) is 0. The van der Waals surface area contributed by atoms with Gasteiger partial charge in [-0.25, -0.2) is 0 Å². The lowest BCUT2D eigenvalue weighted by atomic mass is 10.2. The van der Waals surface area contributed by atoms with Gasteiger partial charge in [0.05, 0.1) is 0 Å². The van der Waals surface area contributed by atoms with Crippen LogP contribution < -0.4 is 10.9 Å². The van der Waals surface area contributed by atoms with Gasteiger partial charge in [-0.3, -0.25) is 14.4 Å². The standard InChI is InChI=1S/C10H12N2O4/c1-5-3-4-7(8(13)11-5)9(14)12-6(2)10(15)16/h3-4,6H,1-2H3,(H,11,13)(H,12,14)(H,15,16)/t6-/m0/s1. The number of carboxylic acids is 1. The number of amides is 1. The molecule has 0 unspecified atom stereocenters. The third-order valence-electron chi connectivity index (χ3n) is 2.02. The Bertz CT molecular complexity index is 478. The van der Waals surface area contributed by atoms with Crippen LogP contribution in [0.1, 0.15) is 23.0 Å². The van der Waals surface area contributed by atoms with Crippen LogP contribution in [0.4, 0.5) is 0 Å². The zero-order chi connectivity index (χ0) is 12.3. The second-order valence-electron chi connectivity index (χ2n) is 3.42. The number of pyridine rings is 1. The van der Waals surface area contributed by atoms with Crippen LogP contribution in [0.2, 0.25) is 0 Å². The van der Waals surface area contributed by atoms with Gasteiger partial charge in [-0.05, 0) is 26.0 Å². The fraction of sp³-hybridized carbons (Fsp3) is 0.300. The van der Waals surface area contributed by atoms with Gasteiger partial charge in [-0.2, -0.15) is 0 Å². The largest absolute Gasteiger partial charge is 0.480 e. The van der Waals surface area contributed by atoms with Crippen molar-refractivity contribution < 1.29 is 14.7 Å². The molecular formula is C10H12N2O4. The lowest BCUT2D eigenvalue weighted by Crippen LogP contribution is -2.40. The van der Waals surface area contributed by atoms with Crippen molar-refractivity contribution in [1.29, 1.82) is 0 Å². The van der Waals surface area contributed by atoms with Crippen molar-refractivity contribution in [3.63, 3.8) is 0 Å². The normalized spacial score (nSPS) is 11.9. The second-order valence-corrected chi connectivity index (χ2v) is 3.42. The topological polar surface area (TPSA) is 99.3 Å². The number of carbonyl (C=O) groups is 2. The second kappa shape index (κ2) is 4.61. The average molecular weight is 224 g/mol. The Morgan fingerprint density at radius 2 is 2.06 bits per heavy atom. The van der Waals surface area contributed by atoms with E-state index in [-0.39, 0.29) is 5.56 Å². The molecule has 0 saturated heterocycles. The molecule has 0 spiro atoms. The molecule has 6 nitrogen and oxygen atoms in total. The van der Waals surface area contributed by atoms with Crippen LogP contribution in [0.25, 0.3) is 0 Å². The summed E-state index contributed by atoms with van der Waals surface area (Å²) >= 11 is 0. The van der Waals surface area contributed by atoms with Crippen LogP contribution >= 0.6 is 0 Å². The molecule has 0 aliphatic carbocycles. The third kappa shape index (κ3) is 2.69. The predicted molar refractivity (Wildman–Crippen MR) is 56.4 cm³/mol. The van der Waals surface area contributed by atoms with E-state index in [4.69, 9.17) is 5.11 Å². The highest BCUT2D eigenvalue weighted by molar-refractivity contribution is 5.96. The van der Waals surface area contributed by atoms with E-state index >= 15 is 0 Å². The molecule has 1 aromatic heterocycles. The first-order chi connectivity index (χ1) is 7.41. The molecule has 1 heterocycles. The average Bonchev–Trinajstić information content (AvgIpc) is 2.16. The van der Waals surface area contributed by atoms with Crippen molar-refractivity contribution in [3.8, 4) is 0 Å². The minimum atomic E-state index is -1.16. The van der Waals surface area contributed by atoms with Gasteiger partial charge in [0.2, 0.25) is 0 Å². The smallest absolute Gasteiger partial charge is 0.325 e. The summed E-state index contributed by atoms with van der Waals surface area (Å²) in [6, 6.07) is 1.90. The Labute approximate surface area is 91.3 Å². The maximum absolute atomic E-state index is 11.5. The maximum atomic E-state index is 11.5. The van der Waals surface area contributed by atoms with E-state index in [2.05, 4.69) is 10.3 Å². The van der Waals surface area contributed by atoms with Crippen molar-refractivity contribution in [2.45, 2.75) is 19.9 Å². The van der Waals surface area contributed by atoms with Gasteiger partial charge in [0, 0.05) is 5.69 Å². The van der Waals surface area contributed by atoms with Gasteiger partial charge in [-0.1, -0.05) is 0 Å². The lowest BCUT2D eigenvalue weighted by molar-refractivity contribution is -0.138. The monoisotopic (exact) mass is 224 g/mol. The van der Waals surface area contributed by atoms with Gasteiger partial charge in [0.1, 0.15) is 11.6 Å². The quantitative estimate of drug-likeness (QED) is 0.666. The molecule has 3 N–H and O–H groups in total. The van der Waals surface area contributed by atoms with E-state index in [9.17, 15) is 14.4 Å². The Morgan fingerprint density at radius 3 is 2.56 bits per heavy atom. The number of aryl methyl sites for hydroxylation is 1. The van der Waals surface area contributed by atoms with Gasteiger partial charge in [0.25, 0.3) is 11.5 Å². The van der Waals surface area contributed by atoms with Crippen molar-refractivity contribution in [1.82, 2.24) is 10.3 Å². The van der Waals surface area contributed by atoms with Gasteiger partial charge in [0.15, 0.2) is 0 Å². The van der Waals surface area contributed by atoms with E-state index in [1.807, 2.05) is 0 Å². The Morgan fingerprint density at radius 1 is 1.44 bits per heavy atom. The fourth-order valence-electron chi connectivity index (χ4n) is 1.09. The summed E-state index contributed by atoms with van der Waals surface area (Å²) < 4.78 is 0. The highest BCUT2D eigenvalue weighted by atomic mass is 16.4. The number of H-pyrrole nitrogens is 1. The first kappa shape index (κ1) is 12.0. The van der Waals surface area contributed by atoms with Crippen molar-refractivity contribution >= 4 is 11.9 Å². The molecule has 1 amide bonds. The van der Waals surface area contributed by atoms with Crippen LogP contribution in [0.5, 0.6) is 0 Å². The maximum Gasteiger partial charge on any atom is 0.325 e. The number of hydrogen-bond acceptors (Lipinski definition) is 3. The summed E-state index contributed by atoms with van der Waals surface area (Å²) in [4.78, 5) is 35.8. The summed E-state index contributed by atoms with van der Waals surface area (Å²) in [5.41, 5.74) is 0.00150. The summed E-state index contributed by atoms with van der Waals surface area (Å²) in [6.45, 7) is 3.01. The Hall–Kier alpha value is -2.11. The molecule has 0 aliphatic rings. The number of carboxylic acid groups (broad SMARTS) is 1. The minimum Gasteiger partial charge on any atom is -0.480 e. The number of rotatable bonds is 3. The van der Waals surface area contributed by atoms with Crippen LogP contribution in [0, 0.1) is 6.92 Å².